The van der Waals surface area contributed by atoms with Crippen LogP contribution in [0, 0.1) is 5.92 Å². The fraction of sp³-hybridized carbons (Fsp3) is 0.600. The van der Waals surface area contributed by atoms with Gasteiger partial charge in [-0.15, -0.1) is 14.4 Å². The molecule has 0 radical (unpaired) electrons. The highest BCUT2D eigenvalue weighted by molar-refractivity contribution is 7.95. The Morgan fingerprint density at radius 2 is 1.75 bits per heavy atom. The highest BCUT2D eigenvalue weighted by atomic mass is 32.2. The van der Waals surface area contributed by atoms with Crippen LogP contribution in [0.5, 0.6) is 0 Å². The second-order valence-corrected chi connectivity index (χ2v) is 7.07. The fourth-order valence-corrected chi connectivity index (χ4v) is 3.00. The van der Waals surface area contributed by atoms with Crippen molar-refractivity contribution in [3.8, 4) is 0 Å². The summed E-state index contributed by atoms with van der Waals surface area (Å²) in [6, 6.07) is 7.98. The zero-order chi connectivity index (χ0) is 14.8. The predicted octanol–water partition coefficient (Wildman–Crippen LogP) is 3.99. The Hall–Kier alpha value is -1.07. The van der Waals surface area contributed by atoms with E-state index in [-0.39, 0.29) is 5.54 Å². The molecule has 20 heavy (non-hydrogen) atoms. The summed E-state index contributed by atoms with van der Waals surface area (Å²) in [7, 11) is 0. The number of aromatic nitrogens is 3. The van der Waals surface area contributed by atoms with E-state index in [1.807, 2.05) is 24.3 Å². The van der Waals surface area contributed by atoms with Gasteiger partial charge in [-0.1, -0.05) is 32.9 Å². The van der Waals surface area contributed by atoms with Crippen molar-refractivity contribution in [1.82, 2.24) is 18.7 Å². The van der Waals surface area contributed by atoms with E-state index < -0.39 is 0 Å². The molecule has 0 unspecified atom stereocenters. The number of benzene rings is 1. The van der Waals surface area contributed by atoms with Crippen molar-refractivity contribution in [2.45, 2.75) is 46.6 Å². The van der Waals surface area contributed by atoms with E-state index in [4.69, 9.17) is 0 Å². The molecule has 0 atom stereocenters. The molecule has 0 saturated carbocycles. The summed E-state index contributed by atoms with van der Waals surface area (Å²) in [4.78, 5) is 0. The summed E-state index contributed by atoms with van der Waals surface area (Å²) in [5, 5.41) is 9.07. The molecule has 0 aliphatic rings. The lowest BCUT2D eigenvalue weighted by Gasteiger charge is -2.36. The molecule has 1 heterocycles. The zero-order valence-electron chi connectivity index (χ0n) is 13.0. The van der Waals surface area contributed by atoms with Gasteiger partial charge in [0.2, 0.25) is 0 Å². The topological polar surface area (TPSA) is 34.0 Å². The van der Waals surface area contributed by atoms with E-state index in [0.29, 0.717) is 5.92 Å². The van der Waals surface area contributed by atoms with Crippen LogP contribution in [0.1, 0.15) is 41.0 Å². The molecule has 1 aromatic heterocycles. The van der Waals surface area contributed by atoms with Gasteiger partial charge in [-0.25, -0.2) is 4.31 Å². The Morgan fingerprint density at radius 1 is 1.20 bits per heavy atom. The number of hydrogen-bond donors (Lipinski definition) is 0. The zero-order valence-corrected chi connectivity index (χ0v) is 13.8. The molecular weight excluding hydrogens is 268 g/mol. The van der Waals surface area contributed by atoms with Crippen molar-refractivity contribution in [1.29, 1.82) is 0 Å². The lowest BCUT2D eigenvalue weighted by molar-refractivity contribution is 0.219. The summed E-state index contributed by atoms with van der Waals surface area (Å²) in [6.07, 6.45) is 1.09. The Bertz CT molecular complexity index is 529. The van der Waals surface area contributed by atoms with Gasteiger partial charge in [0.1, 0.15) is 11.0 Å². The van der Waals surface area contributed by atoms with Crippen molar-refractivity contribution in [3.05, 3.63) is 24.3 Å². The van der Waals surface area contributed by atoms with Crippen LogP contribution in [0.4, 0.5) is 0 Å². The minimum atomic E-state index is 0.120. The van der Waals surface area contributed by atoms with Gasteiger partial charge in [0, 0.05) is 12.1 Å². The highest BCUT2D eigenvalue weighted by Gasteiger charge is 2.27. The van der Waals surface area contributed by atoms with Gasteiger partial charge in [0.15, 0.2) is 0 Å². The Kier molecular flexibility index (Phi) is 4.70. The number of rotatable bonds is 6. The van der Waals surface area contributed by atoms with Crippen LogP contribution in [0.15, 0.2) is 24.3 Å². The lowest BCUT2D eigenvalue weighted by atomic mass is 10.0. The average molecular weight is 292 g/mol. The monoisotopic (exact) mass is 292 g/mol. The molecule has 0 bridgehead atoms. The first kappa shape index (κ1) is 15.3. The van der Waals surface area contributed by atoms with E-state index in [1.54, 1.807) is 16.3 Å². The predicted molar refractivity (Wildman–Crippen MR) is 86.4 cm³/mol. The molecule has 0 spiro atoms. The number of hydrogen-bond acceptors (Lipinski definition) is 4. The minimum absolute atomic E-state index is 0.120. The second-order valence-electron chi connectivity index (χ2n) is 6.14. The number of fused-ring (bicyclic) bond motifs is 1. The Labute approximate surface area is 125 Å². The normalized spacial score (nSPS) is 12.8. The molecule has 0 amide bonds. The van der Waals surface area contributed by atoms with Crippen LogP contribution in [-0.4, -0.2) is 30.8 Å². The first-order valence-electron chi connectivity index (χ1n) is 7.20. The van der Waals surface area contributed by atoms with Crippen LogP contribution >= 0.6 is 12.1 Å². The summed E-state index contributed by atoms with van der Waals surface area (Å²) in [5.74, 6) is 0.610. The van der Waals surface area contributed by atoms with E-state index in [1.165, 1.54) is 0 Å². The molecular formula is C15H24N4S. The van der Waals surface area contributed by atoms with E-state index >= 15 is 0 Å². The van der Waals surface area contributed by atoms with Crippen molar-refractivity contribution in [3.63, 3.8) is 0 Å². The first-order chi connectivity index (χ1) is 9.42. The van der Waals surface area contributed by atoms with Gasteiger partial charge in [-0.2, -0.15) is 0 Å². The van der Waals surface area contributed by atoms with Crippen LogP contribution in [-0.2, 0) is 0 Å². The van der Waals surface area contributed by atoms with Crippen LogP contribution in [0.2, 0.25) is 0 Å². The largest absolute Gasteiger partial charge is 0.224 e. The van der Waals surface area contributed by atoms with E-state index in [2.05, 4.69) is 49.1 Å². The van der Waals surface area contributed by atoms with Crippen LogP contribution in [0.3, 0.4) is 0 Å². The third kappa shape index (κ3) is 3.52. The van der Waals surface area contributed by atoms with Crippen molar-refractivity contribution in [2.24, 2.45) is 5.92 Å². The smallest absolute Gasteiger partial charge is 0.114 e. The van der Waals surface area contributed by atoms with E-state index in [9.17, 15) is 0 Å². The summed E-state index contributed by atoms with van der Waals surface area (Å²) in [6.45, 7) is 12.3. The molecule has 0 N–H and O–H groups in total. The maximum absolute atomic E-state index is 4.53. The lowest BCUT2D eigenvalue weighted by Crippen LogP contribution is -2.41. The summed E-state index contributed by atoms with van der Waals surface area (Å²) >= 11 is 1.60. The van der Waals surface area contributed by atoms with Crippen molar-refractivity contribution >= 4 is 23.2 Å². The molecule has 0 fully saturated rings. The average Bonchev–Trinajstić information content (AvgIpc) is 2.79. The van der Waals surface area contributed by atoms with Crippen molar-refractivity contribution in [2.75, 3.05) is 6.54 Å². The minimum Gasteiger partial charge on any atom is -0.224 e. The molecule has 0 saturated heterocycles. The molecule has 5 heteroatoms. The molecule has 2 aromatic rings. The third-order valence-electron chi connectivity index (χ3n) is 3.51. The second kappa shape index (κ2) is 6.14. The summed E-state index contributed by atoms with van der Waals surface area (Å²) < 4.78 is 4.13. The third-order valence-corrected chi connectivity index (χ3v) is 4.66. The standard InChI is InChI=1S/C15H24N4S/c1-6-15(4,5)18(11-12(2)3)20-19-16-13-9-7-8-10-14(13)17-19/h7-10,12H,6,11H2,1-5H3. The number of nitrogens with zero attached hydrogens (tertiary/aromatic N) is 4. The SMILES string of the molecule is CCC(C)(C)N(CC(C)C)Sn1nc2ccccc2n1. The maximum atomic E-state index is 4.53. The van der Waals surface area contributed by atoms with Gasteiger partial charge in [0.05, 0.1) is 12.1 Å². The van der Waals surface area contributed by atoms with E-state index in [0.717, 1.165) is 24.0 Å². The van der Waals surface area contributed by atoms with Crippen LogP contribution < -0.4 is 0 Å². The first-order valence-corrected chi connectivity index (χ1v) is 7.93. The molecule has 2 rings (SSSR count). The van der Waals surface area contributed by atoms with Gasteiger partial charge in [-0.05, 0) is 38.3 Å². The molecule has 1 aromatic carbocycles. The molecule has 0 aliphatic carbocycles. The molecule has 0 aliphatic heterocycles. The van der Waals surface area contributed by atoms with Gasteiger partial charge in [-0.3, -0.25) is 0 Å². The molecule has 110 valence electrons. The van der Waals surface area contributed by atoms with Gasteiger partial charge >= 0.3 is 0 Å². The fourth-order valence-electron chi connectivity index (χ4n) is 1.86. The van der Waals surface area contributed by atoms with Crippen LogP contribution in [0.25, 0.3) is 11.0 Å². The summed E-state index contributed by atoms with van der Waals surface area (Å²) in [5.41, 5.74) is 2.01. The van der Waals surface area contributed by atoms with Gasteiger partial charge < -0.3 is 0 Å². The molecule has 4 nitrogen and oxygen atoms in total. The Balaban J connectivity index is 2.22. The maximum Gasteiger partial charge on any atom is 0.114 e. The van der Waals surface area contributed by atoms with Crippen molar-refractivity contribution < 1.29 is 0 Å². The quantitative estimate of drug-likeness (QED) is 0.754. The highest BCUT2D eigenvalue weighted by Crippen LogP contribution is 2.28. The van der Waals surface area contributed by atoms with Gasteiger partial charge in [0.25, 0.3) is 0 Å². The Morgan fingerprint density at radius 3 is 2.20 bits per heavy atom.